The highest BCUT2D eigenvalue weighted by Gasteiger charge is 2.00. The third-order valence-electron chi connectivity index (χ3n) is 3.13. The summed E-state index contributed by atoms with van der Waals surface area (Å²) in [7, 11) is 0. The normalized spacial score (nSPS) is 10.4. The van der Waals surface area contributed by atoms with Gasteiger partial charge in [-0.1, -0.05) is 36.4 Å². The number of hydrogen-bond acceptors (Lipinski definition) is 2. The molecule has 0 radical (unpaired) electrons. The maximum absolute atomic E-state index is 5.87. The van der Waals surface area contributed by atoms with Gasteiger partial charge in [0.1, 0.15) is 5.75 Å². The molecule has 0 aliphatic heterocycles. The minimum Gasteiger partial charge on any atom is -0.491 e. The van der Waals surface area contributed by atoms with E-state index in [-0.39, 0.29) is 0 Å². The number of aryl methyl sites for hydroxylation is 2. The van der Waals surface area contributed by atoms with E-state index in [0.717, 1.165) is 31.6 Å². The fourth-order valence-corrected chi connectivity index (χ4v) is 2.02. The molecule has 0 saturated carbocycles. The van der Waals surface area contributed by atoms with Crippen LogP contribution in [0.4, 0.5) is 5.69 Å². The number of nitrogen functional groups attached to an aromatic ring is 1. The summed E-state index contributed by atoms with van der Waals surface area (Å²) in [6, 6.07) is 16.4. The number of hydrogen-bond donors (Lipinski definition) is 1. The van der Waals surface area contributed by atoms with E-state index in [1.165, 1.54) is 11.1 Å². The maximum Gasteiger partial charge on any atom is 0.142 e. The van der Waals surface area contributed by atoms with Gasteiger partial charge < -0.3 is 10.5 Å². The van der Waals surface area contributed by atoms with Gasteiger partial charge in [-0.05, 0) is 49.4 Å². The van der Waals surface area contributed by atoms with Crippen molar-refractivity contribution in [2.45, 2.75) is 26.2 Å². The number of rotatable bonds is 6. The average molecular weight is 255 g/mol. The molecule has 0 amide bonds. The van der Waals surface area contributed by atoms with Gasteiger partial charge in [0.15, 0.2) is 0 Å². The molecule has 0 heterocycles. The first-order chi connectivity index (χ1) is 9.25. The largest absolute Gasteiger partial charge is 0.491 e. The Labute approximate surface area is 115 Å². The van der Waals surface area contributed by atoms with Gasteiger partial charge in [0.2, 0.25) is 0 Å². The third-order valence-corrected chi connectivity index (χ3v) is 3.13. The molecule has 2 rings (SSSR count). The molecule has 0 unspecified atom stereocenters. The summed E-state index contributed by atoms with van der Waals surface area (Å²) in [5.74, 6) is 0.805. The maximum atomic E-state index is 5.87. The smallest absolute Gasteiger partial charge is 0.142 e. The second kappa shape index (κ2) is 6.83. The number of ether oxygens (including phenoxy) is 1. The van der Waals surface area contributed by atoms with E-state index in [9.17, 15) is 0 Å². The molecule has 0 aromatic heterocycles. The minimum absolute atomic E-state index is 0.716. The highest BCUT2D eigenvalue weighted by molar-refractivity contribution is 5.53. The fourth-order valence-electron chi connectivity index (χ4n) is 2.02. The van der Waals surface area contributed by atoms with Crippen molar-refractivity contribution in [3.63, 3.8) is 0 Å². The summed E-state index contributed by atoms with van der Waals surface area (Å²) in [4.78, 5) is 0. The Bertz CT molecular complexity index is 508. The summed E-state index contributed by atoms with van der Waals surface area (Å²) in [6.45, 7) is 2.77. The zero-order chi connectivity index (χ0) is 13.5. The molecule has 2 aromatic rings. The van der Waals surface area contributed by atoms with E-state index in [0.29, 0.717) is 5.69 Å². The monoisotopic (exact) mass is 255 g/mol. The van der Waals surface area contributed by atoms with Crippen LogP contribution < -0.4 is 10.5 Å². The van der Waals surface area contributed by atoms with Gasteiger partial charge in [-0.3, -0.25) is 0 Å². The van der Waals surface area contributed by atoms with Crippen LogP contribution in [0.3, 0.4) is 0 Å². The molecule has 2 aromatic carbocycles. The molecule has 2 heteroatoms. The highest BCUT2D eigenvalue weighted by atomic mass is 16.5. The second-order valence-corrected chi connectivity index (χ2v) is 4.83. The first-order valence-corrected chi connectivity index (χ1v) is 6.78. The topological polar surface area (TPSA) is 35.2 Å². The van der Waals surface area contributed by atoms with Crippen molar-refractivity contribution in [2.75, 3.05) is 12.3 Å². The predicted octanol–water partition coefficient (Wildman–Crippen LogP) is 3.98. The summed E-state index contributed by atoms with van der Waals surface area (Å²) in [6.07, 6.45) is 3.28. The summed E-state index contributed by atoms with van der Waals surface area (Å²) >= 11 is 0. The second-order valence-electron chi connectivity index (χ2n) is 4.83. The Morgan fingerprint density at radius 3 is 2.58 bits per heavy atom. The van der Waals surface area contributed by atoms with E-state index < -0.39 is 0 Å². The lowest BCUT2D eigenvalue weighted by molar-refractivity contribution is 0.308. The molecule has 100 valence electrons. The molecule has 0 aliphatic carbocycles. The zero-order valence-electron chi connectivity index (χ0n) is 11.4. The van der Waals surface area contributed by atoms with Gasteiger partial charge in [0, 0.05) is 0 Å². The number of unbranched alkanes of at least 4 members (excludes halogenated alkanes) is 1. The molecule has 0 bridgehead atoms. The Hall–Kier alpha value is -1.96. The molecular formula is C17H21NO. The molecule has 0 atom stereocenters. The van der Waals surface area contributed by atoms with Gasteiger partial charge in [0.05, 0.1) is 12.3 Å². The van der Waals surface area contributed by atoms with E-state index >= 15 is 0 Å². The van der Waals surface area contributed by atoms with Crippen LogP contribution in [-0.4, -0.2) is 6.61 Å². The third kappa shape index (κ3) is 4.32. The average Bonchev–Trinajstić information content (AvgIpc) is 2.43. The Kier molecular flexibility index (Phi) is 4.85. The van der Waals surface area contributed by atoms with Crippen LogP contribution in [0.5, 0.6) is 5.75 Å². The Morgan fingerprint density at radius 2 is 1.79 bits per heavy atom. The van der Waals surface area contributed by atoms with Crippen LogP contribution in [-0.2, 0) is 6.42 Å². The van der Waals surface area contributed by atoms with Crippen LogP contribution in [0.15, 0.2) is 48.5 Å². The van der Waals surface area contributed by atoms with Crippen LogP contribution in [0.25, 0.3) is 0 Å². The van der Waals surface area contributed by atoms with E-state index in [2.05, 4.69) is 24.3 Å². The summed E-state index contributed by atoms with van der Waals surface area (Å²) in [5.41, 5.74) is 9.15. The quantitative estimate of drug-likeness (QED) is 0.626. The van der Waals surface area contributed by atoms with Crippen molar-refractivity contribution in [3.05, 3.63) is 59.7 Å². The fraction of sp³-hybridized carbons (Fsp3) is 0.294. The van der Waals surface area contributed by atoms with E-state index in [1.807, 2.05) is 31.2 Å². The van der Waals surface area contributed by atoms with Crippen molar-refractivity contribution < 1.29 is 4.74 Å². The van der Waals surface area contributed by atoms with E-state index in [4.69, 9.17) is 10.5 Å². The summed E-state index contributed by atoms with van der Waals surface area (Å²) in [5, 5.41) is 0. The van der Waals surface area contributed by atoms with Crippen molar-refractivity contribution in [1.29, 1.82) is 0 Å². The molecule has 0 fully saturated rings. The van der Waals surface area contributed by atoms with Crippen molar-refractivity contribution in [3.8, 4) is 5.75 Å². The van der Waals surface area contributed by atoms with Crippen LogP contribution >= 0.6 is 0 Å². The van der Waals surface area contributed by atoms with Crippen LogP contribution in [0.1, 0.15) is 24.0 Å². The number of anilines is 1. The Balaban J connectivity index is 1.71. The lowest BCUT2D eigenvalue weighted by Crippen LogP contribution is -2.01. The molecule has 19 heavy (non-hydrogen) atoms. The number of benzene rings is 2. The predicted molar refractivity (Wildman–Crippen MR) is 80.5 cm³/mol. The molecular weight excluding hydrogens is 234 g/mol. The van der Waals surface area contributed by atoms with Gasteiger partial charge >= 0.3 is 0 Å². The van der Waals surface area contributed by atoms with Crippen molar-refractivity contribution in [2.24, 2.45) is 0 Å². The Morgan fingerprint density at radius 1 is 1.00 bits per heavy atom. The highest BCUT2D eigenvalue weighted by Crippen LogP contribution is 2.22. The van der Waals surface area contributed by atoms with Gasteiger partial charge in [-0.25, -0.2) is 0 Å². The first-order valence-electron chi connectivity index (χ1n) is 6.78. The molecule has 2 nitrogen and oxygen atoms in total. The standard InChI is InChI=1S/C17H21NO/c1-14-10-11-16(18)17(13-14)19-12-6-5-9-15-7-3-2-4-8-15/h2-4,7-8,10-11,13H,5-6,9,12,18H2,1H3. The van der Waals surface area contributed by atoms with Gasteiger partial charge in [-0.2, -0.15) is 0 Å². The molecule has 2 N–H and O–H groups in total. The number of nitrogens with two attached hydrogens (primary N) is 1. The first kappa shape index (κ1) is 13.5. The molecule has 0 saturated heterocycles. The molecule has 0 spiro atoms. The zero-order valence-corrected chi connectivity index (χ0v) is 11.4. The minimum atomic E-state index is 0.716. The van der Waals surface area contributed by atoms with Crippen molar-refractivity contribution in [1.82, 2.24) is 0 Å². The van der Waals surface area contributed by atoms with Gasteiger partial charge in [-0.15, -0.1) is 0 Å². The van der Waals surface area contributed by atoms with Crippen LogP contribution in [0, 0.1) is 6.92 Å². The lowest BCUT2D eigenvalue weighted by Gasteiger charge is -2.09. The van der Waals surface area contributed by atoms with Gasteiger partial charge in [0.25, 0.3) is 0 Å². The SMILES string of the molecule is Cc1ccc(N)c(OCCCCc2ccccc2)c1. The lowest BCUT2D eigenvalue weighted by atomic mass is 10.1. The van der Waals surface area contributed by atoms with Crippen LogP contribution in [0.2, 0.25) is 0 Å². The van der Waals surface area contributed by atoms with Crippen molar-refractivity contribution >= 4 is 5.69 Å². The van der Waals surface area contributed by atoms with E-state index in [1.54, 1.807) is 0 Å². The molecule has 0 aliphatic rings. The summed E-state index contributed by atoms with van der Waals surface area (Å²) < 4.78 is 5.73.